The summed E-state index contributed by atoms with van der Waals surface area (Å²) in [6, 6.07) is 0. The van der Waals surface area contributed by atoms with E-state index in [1.165, 1.54) is 0 Å². The summed E-state index contributed by atoms with van der Waals surface area (Å²) in [5.41, 5.74) is 0. The van der Waals surface area contributed by atoms with E-state index in [2.05, 4.69) is 23.3 Å². The Balaban J connectivity index is 1.97. The zero-order valence-electron chi connectivity index (χ0n) is 9.10. The molecule has 84 valence electrons. The molecular weight excluding hydrogens is 212 g/mol. The van der Waals surface area contributed by atoms with Crippen LogP contribution in [-0.4, -0.2) is 34.9 Å². The smallest absolute Gasteiger partial charge is 0.227 e. The molecule has 5 heteroatoms. The molecule has 1 aromatic rings. The maximum atomic E-state index is 5.30. The zero-order chi connectivity index (χ0) is 10.7. The highest BCUT2D eigenvalue weighted by atomic mass is 32.2. The van der Waals surface area contributed by atoms with E-state index in [0.717, 1.165) is 37.8 Å². The second kappa shape index (κ2) is 4.99. The zero-order valence-corrected chi connectivity index (χ0v) is 9.92. The molecule has 2 atom stereocenters. The van der Waals surface area contributed by atoms with Crippen molar-refractivity contribution in [3.05, 3.63) is 11.7 Å². The van der Waals surface area contributed by atoms with Gasteiger partial charge in [-0.1, -0.05) is 12.1 Å². The van der Waals surface area contributed by atoms with E-state index >= 15 is 0 Å². The Morgan fingerprint density at radius 2 is 2.47 bits per heavy atom. The van der Waals surface area contributed by atoms with E-state index in [9.17, 15) is 0 Å². The van der Waals surface area contributed by atoms with Gasteiger partial charge in [0.25, 0.3) is 0 Å². The summed E-state index contributed by atoms with van der Waals surface area (Å²) < 4.78 is 10.5. The van der Waals surface area contributed by atoms with Crippen LogP contribution in [0.2, 0.25) is 0 Å². The number of nitrogens with zero attached hydrogens (tertiary/aromatic N) is 2. The number of ether oxygens (including phenoxy) is 1. The van der Waals surface area contributed by atoms with Gasteiger partial charge in [0.2, 0.25) is 5.89 Å². The van der Waals surface area contributed by atoms with Crippen molar-refractivity contribution in [1.29, 1.82) is 0 Å². The number of thioether (sulfide) groups is 1. The molecule has 1 aliphatic heterocycles. The summed E-state index contributed by atoms with van der Waals surface area (Å²) in [5.74, 6) is 1.90. The van der Waals surface area contributed by atoms with Gasteiger partial charge in [0.05, 0.1) is 6.61 Å². The summed E-state index contributed by atoms with van der Waals surface area (Å²) in [5, 5.41) is 4.54. The number of rotatable bonds is 4. The summed E-state index contributed by atoms with van der Waals surface area (Å²) in [7, 11) is 0. The Bertz CT molecular complexity index is 310. The fraction of sp³-hybridized carbons (Fsp3) is 0.800. The molecule has 1 fully saturated rings. The fourth-order valence-corrected chi connectivity index (χ4v) is 1.89. The van der Waals surface area contributed by atoms with Crippen LogP contribution in [-0.2, 0) is 11.2 Å². The molecule has 15 heavy (non-hydrogen) atoms. The maximum Gasteiger partial charge on any atom is 0.227 e. The molecule has 0 aromatic carbocycles. The molecule has 0 amide bonds. The fourth-order valence-electron chi connectivity index (χ4n) is 1.58. The molecule has 0 N–H and O–H groups in total. The van der Waals surface area contributed by atoms with Crippen molar-refractivity contribution in [3.8, 4) is 0 Å². The molecule has 4 nitrogen and oxygen atoms in total. The highest BCUT2D eigenvalue weighted by Crippen LogP contribution is 2.23. The van der Waals surface area contributed by atoms with Gasteiger partial charge in [-0.05, 0) is 12.7 Å². The van der Waals surface area contributed by atoms with Crippen LogP contribution >= 0.6 is 11.8 Å². The van der Waals surface area contributed by atoms with Crippen molar-refractivity contribution in [1.82, 2.24) is 10.1 Å². The molecule has 0 radical (unpaired) electrons. The summed E-state index contributed by atoms with van der Waals surface area (Å²) >= 11 is 1.81. The van der Waals surface area contributed by atoms with E-state index in [1.54, 1.807) is 0 Å². The molecule has 2 heterocycles. The second-order valence-corrected chi connectivity index (χ2v) is 5.13. The molecule has 0 saturated carbocycles. The molecule has 0 bridgehead atoms. The number of aromatic nitrogens is 2. The first-order valence-corrected chi connectivity index (χ1v) is 6.51. The minimum Gasteiger partial charge on any atom is -0.381 e. The number of hydrogen-bond donors (Lipinski definition) is 0. The highest BCUT2D eigenvalue weighted by Gasteiger charge is 2.23. The van der Waals surface area contributed by atoms with E-state index in [-0.39, 0.29) is 0 Å². The standard InChI is InChI=1S/C10H16N2O2S/c1-7(15-2)5-9-11-10(12-14-9)8-3-4-13-6-8/h7-8H,3-6H2,1-2H3/t7-,8-/m0/s1. The van der Waals surface area contributed by atoms with Crippen molar-refractivity contribution >= 4 is 11.8 Å². The van der Waals surface area contributed by atoms with Gasteiger partial charge in [0.1, 0.15) is 0 Å². The lowest BCUT2D eigenvalue weighted by atomic mass is 10.1. The van der Waals surface area contributed by atoms with Crippen molar-refractivity contribution < 1.29 is 9.26 Å². The molecular formula is C10H16N2O2S. The second-order valence-electron chi connectivity index (χ2n) is 3.86. The lowest BCUT2D eigenvalue weighted by Gasteiger charge is -2.02. The van der Waals surface area contributed by atoms with E-state index in [0.29, 0.717) is 11.2 Å². The molecule has 0 aliphatic carbocycles. The van der Waals surface area contributed by atoms with Gasteiger partial charge in [-0.25, -0.2) is 0 Å². The monoisotopic (exact) mass is 228 g/mol. The first-order valence-electron chi connectivity index (χ1n) is 5.22. The van der Waals surface area contributed by atoms with Crippen LogP contribution in [0.3, 0.4) is 0 Å². The Morgan fingerprint density at radius 1 is 1.60 bits per heavy atom. The van der Waals surface area contributed by atoms with E-state index in [4.69, 9.17) is 9.26 Å². The van der Waals surface area contributed by atoms with Crippen molar-refractivity contribution in [2.45, 2.75) is 30.9 Å². The van der Waals surface area contributed by atoms with Crippen molar-refractivity contribution in [3.63, 3.8) is 0 Å². The summed E-state index contributed by atoms with van der Waals surface area (Å²) in [4.78, 5) is 4.41. The van der Waals surface area contributed by atoms with Crippen molar-refractivity contribution in [2.24, 2.45) is 0 Å². The van der Waals surface area contributed by atoms with Gasteiger partial charge < -0.3 is 9.26 Å². The Labute approximate surface area is 93.8 Å². The first kappa shape index (κ1) is 11.0. The Morgan fingerprint density at radius 3 is 3.13 bits per heavy atom. The van der Waals surface area contributed by atoms with Crippen molar-refractivity contribution in [2.75, 3.05) is 19.5 Å². The molecule has 2 rings (SSSR count). The SMILES string of the molecule is CS[C@@H](C)Cc1nc([C@H]2CCOC2)no1. The lowest BCUT2D eigenvalue weighted by Crippen LogP contribution is -2.03. The Kier molecular flexibility index (Phi) is 3.64. The topological polar surface area (TPSA) is 48.2 Å². The van der Waals surface area contributed by atoms with Crippen LogP contribution < -0.4 is 0 Å². The predicted octanol–water partition coefficient (Wildman–Crippen LogP) is 1.87. The molecule has 1 saturated heterocycles. The Hall–Kier alpha value is -0.550. The average molecular weight is 228 g/mol. The van der Waals surface area contributed by atoms with Gasteiger partial charge in [-0.3, -0.25) is 0 Å². The first-order chi connectivity index (χ1) is 7.29. The largest absolute Gasteiger partial charge is 0.381 e. The third-order valence-corrected chi connectivity index (χ3v) is 3.61. The van der Waals surface area contributed by atoms with E-state index < -0.39 is 0 Å². The van der Waals surface area contributed by atoms with Gasteiger partial charge >= 0.3 is 0 Å². The van der Waals surface area contributed by atoms with Crippen LogP contribution in [0.25, 0.3) is 0 Å². The quantitative estimate of drug-likeness (QED) is 0.787. The van der Waals surface area contributed by atoms with Crippen LogP contribution in [0.1, 0.15) is 31.0 Å². The summed E-state index contributed by atoms with van der Waals surface area (Å²) in [6.07, 6.45) is 3.95. The maximum absolute atomic E-state index is 5.30. The molecule has 0 unspecified atom stereocenters. The van der Waals surface area contributed by atoms with Gasteiger partial charge in [-0.15, -0.1) is 0 Å². The van der Waals surface area contributed by atoms with Gasteiger partial charge in [0.15, 0.2) is 5.82 Å². The predicted molar refractivity (Wildman–Crippen MR) is 59.2 cm³/mol. The molecule has 0 spiro atoms. The van der Waals surface area contributed by atoms with Gasteiger partial charge in [-0.2, -0.15) is 16.7 Å². The van der Waals surface area contributed by atoms with Crippen LogP contribution in [0.15, 0.2) is 4.52 Å². The van der Waals surface area contributed by atoms with Crippen LogP contribution in [0, 0.1) is 0 Å². The highest BCUT2D eigenvalue weighted by molar-refractivity contribution is 7.99. The molecule has 1 aliphatic rings. The van der Waals surface area contributed by atoms with Gasteiger partial charge in [0, 0.05) is 24.2 Å². The third-order valence-electron chi connectivity index (χ3n) is 2.64. The normalized spacial score (nSPS) is 23.2. The number of hydrogen-bond acceptors (Lipinski definition) is 5. The minimum atomic E-state index is 0.340. The molecule has 1 aromatic heterocycles. The lowest BCUT2D eigenvalue weighted by molar-refractivity contribution is 0.192. The van der Waals surface area contributed by atoms with Crippen LogP contribution in [0.5, 0.6) is 0 Å². The average Bonchev–Trinajstić information content (AvgIpc) is 2.85. The summed E-state index contributed by atoms with van der Waals surface area (Å²) in [6.45, 7) is 3.71. The van der Waals surface area contributed by atoms with Crippen LogP contribution in [0.4, 0.5) is 0 Å². The minimum absolute atomic E-state index is 0.340. The third kappa shape index (κ3) is 2.72. The van der Waals surface area contributed by atoms with E-state index in [1.807, 2.05) is 11.8 Å².